The molecule has 114 valence electrons. The van der Waals surface area contributed by atoms with Crippen LogP contribution in [-0.2, 0) is 13.0 Å². The van der Waals surface area contributed by atoms with E-state index in [1.165, 1.54) is 49.9 Å². The summed E-state index contributed by atoms with van der Waals surface area (Å²) < 4.78 is 0. The van der Waals surface area contributed by atoms with Crippen molar-refractivity contribution in [2.45, 2.75) is 58.0 Å². The van der Waals surface area contributed by atoms with Gasteiger partial charge in [0.05, 0.1) is 5.56 Å². The average molecular weight is 286 g/mol. The molecule has 1 unspecified atom stereocenters. The van der Waals surface area contributed by atoms with E-state index in [2.05, 4.69) is 28.2 Å². The molecule has 0 bridgehead atoms. The Hall–Kier alpha value is -1.47. The van der Waals surface area contributed by atoms with Gasteiger partial charge in [-0.3, -0.25) is 4.90 Å². The molecular formula is C17H26N4. The minimum absolute atomic E-state index is 0.564. The van der Waals surface area contributed by atoms with E-state index in [-0.39, 0.29) is 0 Å². The monoisotopic (exact) mass is 286 g/mol. The van der Waals surface area contributed by atoms with Gasteiger partial charge in [0.25, 0.3) is 0 Å². The second-order valence-electron chi connectivity index (χ2n) is 6.68. The Bertz CT molecular complexity index is 534. The Balaban J connectivity index is 1.77. The molecule has 1 fully saturated rings. The highest BCUT2D eigenvalue weighted by Gasteiger charge is 2.29. The Morgan fingerprint density at radius 3 is 2.76 bits per heavy atom. The van der Waals surface area contributed by atoms with Crippen LogP contribution in [0.25, 0.3) is 0 Å². The van der Waals surface area contributed by atoms with Crippen LogP contribution in [0.5, 0.6) is 0 Å². The standard InChI is InChI=1S/C17H26N4/c1-12-8-16-15(14(9-18)17(19-2)20-16)11-21(12)10-13-6-4-3-5-7-13/h12-13,19-20H,3-8,10-11H2,1-2H3. The number of nitriles is 1. The molecule has 2 N–H and O–H groups in total. The number of aromatic amines is 1. The third-order valence-electron chi connectivity index (χ3n) is 5.26. The first kappa shape index (κ1) is 14.5. The van der Waals surface area contributed by atoms with Gasteiger partial charge in [0, 0.05) is 43.9 Å². The van der Waals surface area contributed by atoms with Crippen molar-refractivity contribution in [2.24, 2.45) is 5.92 Å². The highest BCUT2D eigenvalue weighted by molar-refractivity contribution is 5.60. The molecule has 1 aliphatic carbocycles. The average Bonchev–Trinajstić information content (AvgIpc) is 2.85. The van der Waals surface area contributed by atoms with Crippen molar-refractivity contribution in [1.29, 1.82) is 5.26 Å². The van der Waals surface area contributed by atoms with Gasteiger partial charge in [-0.05, 0) is 25.7 Å². The van der Waals surface area contributed by atoms with Crippen LogP contribution >= 0.6 is 0 Å². The maximum Gasteiger partial charge on any atom is 0.121 e. The number of anilines is 1. The van der Waals surface area contributed by atoms with Gasteiger partial charge in [0.15, 0.2) is 0 Å². The number of H-pyrrole nitrogens is 1. The van der Waals surface area contributed by atoms with Gasteiger partial charge in [-0.25, -0.2) is 0 Å². The van der Waals surface area contributed by atoms with Crippen LogP contribution in [0, 0.1) is 17.2 Å². The van der Waals surface area contributed by atoms with Crippen molar-refractivity contribution < 1.29 is 0 Å². The molecule has 2 heterocycles. The fourth-order valence-corrected chi connectivity index (χ4v) is 3.98. The molecule has 0 amide bonds. The van der Waals surface area contributed by atoms with Gasteiger partial charge in [-0.15, -0.1) is 0 Å². The lowest BCUT2D eigenvalue weighted by Gasteiger charge is -2.37. The molecule has 0 saturated heterocycles. The summed E-state index contributed by atoms with van der Waals surface area (Å²) in [6, 6.07) is 2.94. The van der Waals surface area contributed by atoms with Crippen molar-refractivity contribution in [3.8, 4) is 6.07 Å². The molecule has 2 aliphatic rings. The van der Waals surface area contributed by atoms with Crippen molar-refractivity contribution in [2.75, 3.05) is 18.9 Å². The van der Waals surface area contributed by atoms with Crippen LogP contribution < -0.4 is 5.32 Å². The summed E-state index contributed by atoms with van der Waals surface area (Å²) >= 11 is 0. The first-order chi connectivity index (χ1) is 10.2. The van der Waals surface area contributed by atoms with Gasteiger partial charge in [0.2, 0.25) is 0 Å². The number of aromatic nitrogens is 1. The third-order valence-corrected chi connectivity index (χ3v) is 5.26. The van der Waals surface area contributed by atoms with Gasteiger partial charge in [-0.2, -0.15) is 5.26 Å². The van der Waals surface area contributed by atoms with Gasteiger partial charge in [0.1, 0.15) is 11.9 Å². The van der Waals surface area contributed by atoms with Crippen LogP contribution in [0.15, 0.2) is 0 Å². The van der Waals surface area contributed by atoms with E-state index >= 15 is 0 Å². The minimum atomic E-state index is 0.564. The Kier molecular flexibility index (Phi) is 4.21. The van der Waals surface area contributed by atoms with Crippen molar-refractivity contribution in [1.82, 2.24) is 9.88 Å². The number of hydrogen-bond donors (Lipinski definition) is 2. The van der Waals surface area contributed by atoms with Crippen LogP contribution in [0.4, 0.5) is 5.82 Å². The van der Waals surface area contributed by atoms with E-state index in [0.29, 0.717) is 6.04 Å². The molecule has 4 heteroatoms. The zero-order valence-electron chi connectivity index (χ0n) is 13.2. The fraction of sp³-hybridized carbons (Fsp3) is 0.706. The van der Waals surface area contributed by atoms with E-state index in [9.17, 15) is 5.26 Å². The van der Waals surface area contributed by atoms with Crippen LogP contribution in [0.2, 0.25) is 0 Å². The summed E-state index contributed by atoms with van der Waals surface area (Å²) in [5.41, 5.74) is 3.28. The fourth-order valence-electron chi connectivity index (χ4n) is 3.98. The number of fused-ring (bicyclic) bond motifs is 1. The third kappa shape index (κ3) is 2.80. The zero-order valence-corrected chi connectivity index (χ0v) is 13.2. The van der Waals surface area contributed by atoms with E-state index in [1.54, 1.807) is 0 Å². The molecule has 0 radical (unpaired) electrons. The van der Waals surface area contributed by atoms with Crippen LogP contribution in [-0.4, -0.2) is 29.5 Å². The van der Waals surface area contributed by atoms with E-state index in [0.717, 1.165) is 30.3 Å². The Morgan fingerprint density at radius 2 is 2.10 bits per heavy atom. The van der Waals surface area contributed by atoms with Gasteiger partial charge in [-0.1, -0.05) is 19.3 Å². The molecule has 1 aromatic heterocycles. The summed E-state index contributed by atoms with van der Waals surface area (Å²) in [7, 11) is 1.88. The maximum absolute atomic E-state index is 9.44. The van der Waals surface area contributed by atoms with Crippen molar-refractivity contribution in [3.63, 3.8) is 0 Å². The highest BCUT2D eigenvalue weighted by atomic mass is 15.2. The van der Waals surface area contributed by atoms with E-state index in [1.807, 2.05) is 7.05 Å². The quantitative estimate of drug-likeness (QED) is 0.896. The molecule has 0 aromatic carbocycles. The van der Waals surface area contributed by atoms with E-state index < -0.39 is 0 Å². The molecule has 1 saturated carbocycles. The summed E-state index contributed by atoms with van der Waals surface area (Å²) in [4.78, 5) is 5.99. The largest absolute Gasteiger partial charge is 0.374 e. The molecule has 21 heavy (non-hydrogen) atoms. The number of nitrogens with zero attached hydrogens (tertiary/aromatic N) is 2. The zero-order chi connectivity index (χ0) is 14.8. The number of nitrogens with one attached hydrogen (secondary N) is 2. The molecule has 1 aliphatic heterocycles. The maximum atomic E-state index is 9.44. The summed E-state index contributed by atoms with van der Waals surface area (Å²) in [5.74, 6) is 1.74. The predicted octanol–water partition coefficient (Wildman–Crippen LogP) is 3.25. The smallest absolute Gasteiger partial charge is 0.121 e. The Morgan fingerprint density at radius 1 is 1.33 bits per heavy atom. The van der Waals surface area contributed by atoms with Crippen LogP contribution in [0.3, 0.4) is 0 Å². The Labute approximate surface area is 127 Å². The normalized spacial score (nSPS) is 23.6. The summed E-state index contributed by atoms with van der Waals surface area (Å²) in [5, 5.41) is 12.6. The molecule has 0 spiro atoms. The first-order valence-electron chi connectivity index (χ1n) is 8.28. The lowest BCUT2D eigenvalue weighted by molar-refractivity contribution is 0.138. The van der Waals surface area contributed by atoms with Gasteiger partial charge < -0.3 is 10.3 Å². The van der Waals surface area contributed by atoms with E-state index in [4.69, 9.17) is 0 Å². The van der Waals surface area contributed by atoms with Crippen molar-refractivity contribution >= 4 is 5.82 Å². The topological polar surface area (TPSA) is 54.9 Å². The molecular weight excluding hydrogens is 260 g/mol. The number of rotatable bonds is 3. The molecule has 1 aromatic rings. The minimum Gasteiger partial charge on any atom is -0.374 e. The second-order valence-corrected chi connectivity index (χ2v) is 6.68. The second kappa shape index (κ2) is 6.11. The van der Waals surface area contributed by atoms with Crippen molar-refractivity contribution in [3.05, 3.63) is 16.8 Å². The lowest BCUT2D eigenvalue weighted by Crippen LogP contribution is -2.41. The first-order valence-corrected chi connectivity index (χ1v) is 8.28. The highest BCUT2D eigenvalue weighted by Crippen LogP contribution is 2.32. The molecule has 1 atom stereocenters. The molecule has 3 rings (SSSR count). The number of hydrogen-bond acceptors (Lipinski definition) is 3. The molecule has 4 nitrogen and oxygen atoms in total. The SMILES string of the molecule is CNc1[nH]c2c(c1C#N)CN(CC1CCCCC1)C(C)C2. The van der Waals surface area contributed by atoms with Crippen LogP contribution in [0.1, 0.15) is 55.8 Å². The summed E-state index contributed by atoms with van der Waals surface area (Å²) in [6.07, 6.45) is 8.01. The lowest BCUT2D eigenvalue weighted by atomic mass is 9.87. The summed E-state index contributed by atoms with van der Waals surface area (Å²) in [6.45, 7) is 4.44. The predicted molar refractivity (Wildman–Crippen MR) is 85.2 cm³/mol. The van der Waals surface area contributed by atoms with Gasteiger partial charge >= 0.3 is 0 Å².